The molecule has 0 atom stereocenters. The number of aromatic amines is 1. The Hall–Kier alpha value is -2.41. The molecular weight excluding hydrogens is 371 g/mol. The van der Waals surface area contributed by atoms with Gasteiger partial charge in [-0.2, -0.15) is 4.98 Å². The van der Waals surface area contributed by atoms with Crippen molar-refractivity contribution in [3.63, 3.8) is 0 Å². The van der Waals surface area contributed by atoms with Crippen LogP contribution in [0.4, 0.5) is 4.39 Å². The summed E-state index contributed by atoms with van der Waals surface area (Å²) in [7, 11) is 0. The van der Waals surface area contributed by atoms with Gasteiger partial charge in [0.2, 0.25) is 5.28 Å². The number of unbranched alkanes of at least 4 members (excludes halogenated alkanes) is 2. The third-order valence-electron chi connectivity index (χ3n) is 4.60. The highest BCUT2D eigenvalue weighted by Crippen LogP contribution is 2.12. The van der Waals surface area contributed by atoms with Crippen molar-refractivity contribution < 1.29 is 4.39 Å². The molecule has 144 valence electrons. The lowest BCUT2D eigenvalue weighted by atomic mass is 10.1. The Morgan fingerprint density at radius 3 is 2.59 bits per heavy atom. The summed E-state index contributed by atoms with van der Waals surface area (Å²) >= 11 is 5.92. The summed E-state index contributed by atoms with van der Waals surface area (Å²) in [6.45, 7) is 2.75. The maximum absolute atomic E-state index is 13.8. The molecule has 2 heterocycles. The fourth-order valence-corrected chi connectivity index (χ4v) is 3.36. The fraction of sp³-hybridized carbons (Fsp3) is 0.421. The number of aryl methyl sites for hydroxylation is 2. The average molecular weight is 393 g/mol. The van der Waals surface area contributed by atoms with Crippen molar-refractivity contribution >= 4 is 22.8 Å². The van der Waals surface area contributed by atoms with Crippen LogP contribution >= 0.6 is 11.6 Å². The highest BCUT2D eigenvalue weighted by molar-refractivity contribution is 6.28. The second kappa shape index (κ2) is 8.52. The number of nitrogens with zero attached hydrogens (tertiary/aromatic N) is 3. The molecule has 27 heavy (non-hydrogen) atoms. The van der Waals surface area contributed by atoms with Crippen molar-refractivity contribution in [1.82, 2.24) is 19.1 Å². The van der Waals surface area contributed by atoms with Gasteiger partial charge in [0.15, 0.2) is 11.2 Å². The minimum atomic E-state index is -0.449. The monoisotopic (exact) mass is 392 g/mol. The van der Waals surface area contributed by atoms with Crippen molar-refractivity contribution in [3.05, 3.63) is 61.8 Å². The van der Waals surface area contributed by atoms with Crippen LogP contribution in [0.1, 0.15) is 38.2 Å². The smallest absolute Gasteiger partial charge is 0.323 e. The topological polar surface area (TPSA) is 72.7 Å². The zero-order chi connectivity index (χ0) is 19.4. The first-order chi connectivity index (χ1) is 13.0. The third kappa shape index (κ3) is 4.13. The molecule has 0 aliphatic carbocycles. The number of fused-ring (bicyclic) bond motifs is 1. The molecule has 0 saturated heterocycles. The predicted octanol–water partition coefficient (Wildman–Crippen LogP) is 3.50. The molecule has 8 heteroatoms. The Morgan fingerprint density at radius 1 is 1.11 bits per heavy atom. The summed E-state index contributed by atoms with van der Waals surface area (Å²) in [5.41, 5.74) is 0.230. The summed E-state index contributed by atoms with van der Waals surface area (Å²) in [5.74, 6) is -0.280. The fourth-order valence-electron chi connectivity index (χ4n) is 3.19. The van der Waals surface area contributed by atoms with Gasteiger partial charge in [-0.05, 0) is 42.5 Å². The van der Waals surface area contributed by atoms with E-state index in [1.165, 1.54) is 15.2 Å². The van der Waals surface area contributed by atoms with Gasteiger partial charge >= 0.3 is 5.69 Å². The van der Waals surface area contributed by atoms with E-state index in [0.29, 0.717) is 24.9 Å². The second-order valence-corrected chi connectivity index (χ2v) is 6.88. The molecule has 6 nitrogen and oxygen atoms in total. The van der Waals surface area contributed by atoms with Gasteiger partial charge in [-0.1, -0.05) is 38.0 Å². The van der Waals surface area contributed by atoms with E-state index >= 15 is 0 Å². The van der Waals surface area contributed by atoms with E-state index in [1.807, 2.05) is 0 Å². The van der Waals surface area contributed by atoms with Crippen LogP contribution in [-0.2, 0) is 19.5 Å². The molecule has 3 rings (SSSR count). The van der Waals surface area contributed by atoms with Gasteiger partial charge < -0.3 is 4.98 Å². The van der Waals surface area contributed by atoms with Gasteiger partial charge in [0, 0.05) is 13.1 Å². The molecule has 0 aliphatic heterocycles. The number of aromatic nitrogens is 4. The molecule has 0 unspecified atom stereocenters. The largest absolute Gasteiger partial charge is 0.332 e. The number of nitrogens with one attached hydrogen (secondary N) is 1. The van der Waals surface area contributed by atoms with Crippen LogP contribution < -0.4 is 11.2 Å². The molecule has 0 radical (unpaired) electrons. The second-order valence-electron chi connectivity index (χ2n) is 6.52. The molecule has 0 bridgehead atoms. The van der Waals surface area contributed by atoms with E-state index in [2.05, 4.69) is 16.9 Å². The molecule has 1 aromatic carbocycles. The quantitative estimate of drug-likeness (QED) is 0.471. The number of hydrogen-bond donors (Lipinski definition) is 1. The molecule has 0 saturated carbocycles. The zero-order valence-corrected chi connectivity index (χ0v) is 15.9. The van der Waals surface area contributed by atoms with Crippen LogP contribution in [0.3, 0.4) is 0 Å². The van der Waals surface area contributed by atoms with Crippen LogP contribution in [-0.4, -0.2) is 19.1 Å². The standard InChI is InChI=1S/C19H22ClFN4O2/c1-2-3-6-11-24-16-15(22-18(20)23-16)17(26)25(19(24)27)12-7-9-13-8-4-5-10-14(13)21/h4-5,8,10H,2-3,6-7,9,11-12H2,1H3,(H,22,23). The number of hydrogen-bond acceptors (Lipinski definition) is 3. The lowest BCUT2D eigenvalue weighted by Crippen LogP contribution is -2.40. The molecule has 2 aromatic heterocycles. The van der Waals surface area contributed by atoms with E-state index in [0.717, 1.165) is 19.3 Å². The predicted molar refractivity (Wildman–Crippen MR) is 104 cm³/mol. The number of halogens is 2. The maximum Gasteiger partial charge on any atom is 0.332 e. The van der Waals surface area contributed by atoms with Crippen LogP contribution in [0.15, 0.2) is 33.9 Å². The summed E-state index contributed by atoms with van der Waals surface area (Å²) in [4.78, 5) is 32.4. The van der Waals surface area contributed by atoms with Crippen LogP contribution in [0.5, 0.6) is 0 Å². The summed E-state index contributed by atoms with van der Waals surface area (Å²) < 4.78 is 16.4. The molecule has 0 spiro atoms. The van der Waals surface area contributed by atoms with Gasteiger partial charge in [-0.3, -0.25) is 13.9 Å². The highest BCUT2D eigenvalue weighted by atomic mass is 35.5. The average Bonchev–Trinajstić information content (AvgIpc) is 3.04. The number of benzene rings is 1. The van der Waals surface area contributed by atoms with E-state index in [9.17, 15) is 14.0 Å². The van der Waals surface area contributed by atoms with Gasteiger partial charge in [0.25, 0.3) is 5.56 Å². The maximum atomic E-state index is 13.8. The molecule has 0 fully saturated rings. The number of imidazole rings is 1. The summed E-state index contributed by atoms with van der Waals surface area (Å²) in [6, 6.07) is 6.51. The molecular formula is C19H22ClFN4O2. The van der Waals surface area contributed by atoms with Crippen LogP contribution in [0, 0.1) is 5.82 Å². The van der Waals surface area contributed by atoms with Crippen molar-refractivity contribution in [3.8, 4) is 0 Å². The normalized spacial score (nSPS) is 11.4. The Bertz CT molecular complexity index is 1050. The van der Waals surface area contributed by atoms with Crippen molar-refractivity contribution in [2.24, 2.45) is 0 Å². The summed E-state index contributed by atoms with van der Waals surface area (Å²) in [5, 5.41) is 0.0786. The Balaban J connectivity index is 1.91. The van der Waals surface area contributed by atoms with E-state index in [4.69, 9.17) is 11.6 Å². The van der Waals surface area contributed by atoms with E-state index < -0.39 is 11.2 Å². The Kier molecular flexibility index (Phi) is 6.11. The lowest BCUT2D eigenvalue weighted by Gasteiger charge is -2.11. The van der Waals surface area contributed by atoms with Gasteiger partial charge in [-0.15, -0.1) is 0 Å². The van der Waals surface area contributed by atoms with Crippen molar-refractivity contribution in [1.29, 1.82) is 0 Å². The first kappa shape index (κ1) is 19.4. The number of H-pyrrole nitrogens is 1. The van der Waals surface area contributed by atoms with Crippen molar-refractivity contribution in [2.75, 3.05) is 0 Å². The zero-order valence-electron chi connectivity index (χ0n) is 15.2. The molecule has 0 aliphatic rings. The van der Waals surface area contributed by atoms with Gasteiger partial charge in [-0.25, -0.2) is 9.18 Å². The van der Waals surface area contributed by atoms with Crippen LogP contribution in [0.25, 0.3) is 11.2 Å². The third-order valence-corrected chi connectivity index (χ3v) is 4.78. The lowest BCUT2D eigenvalue weighted by molar-refractivity contribution is 0.522. The molecule has 0 amide bonds. The Morgan fingerprint density at radius 2 is 1.85 bits per heavy atom. The van der Waals surface area contributed by atoms with Crippen LogP contribution in [0.2, 0.25) is 5.28 Å². The summed E-state index contributed by atoms with van der Waals surface area (Å²) in [6.07, 6.45) is 3.71. The van der Waals surface area contributed by atoms with Gasteiger partial charge in [0.1, 0.15) is 5.82 Å². The SMILES string of the molecule is CCCCCn1c(=O)n(CCCc2ccccc2F)c(=O)c2[nH]c(Cl)nc21. The minimum absolute atomic E-state index is 0.0786. The van der Waals surface area contributed by atoms with Gasteiger partial charge in [0.05, 0.1) is 0 Å². The van der Waals surface area contributed by atoms with Crippen molar-refractivity contribution in [2.45, 2.75) is 52.1 Å². The molecule has 1 N–H and O–H groups in total. The first-order valence-corrected chi connectivity index (χ1v) is 9.53. The highest BCUT2D eigenvalue weighted by Gasteiger charge is 2.16. The molecule has 3 aromatic rings. The van der Waals surface area contributed by atoms with E-state index in [1.54, 1.807) is 18.2 Å². The number of rotatable bonds is 8. The Labute approximate surface area is 160 Å². The minimum Gasteiger partial charge on any atom is -0.323 e. The first-order valence-electron chi connectivity index (χ1n) is 9.15. The van der Waals surface area contributed by atoms with E-state index in [-0.39, 0.29) is 28.8 Å².